The lowest BCUT2D eigenvalue weighted by Crippen LogP contribution is -2.09. The summed E-state index contributed by atoms with van der Waals surface area (Å²) in [5.41, 5.74) is 17.8. The van der Waals surface area contributed by atoms with Gasteiger partial charge in [0.2, 0.25) is 0 Å². The Morgan fingerprint density at radius 1 is 0.295 bits per heavy atom. The number of anilines is 3. The quantitative estimate of drug-likeness (QED) is 0.157. The molecule has 0 unspecified atom stereocenters. The minimum absolute atomic E-state index is 1.12. The van der Waals surface area contributed by atoms with Crippen molar-refractivity contribution in [2.75, 3.05) is 4.90 Å². The van der Waals surface area contributed by atoms with Gasteiger partial charge in [0.05, 0.1) is 22.1 Å². The first-order valence-corrected chi connectivity index (χ1v) is 21.3. The van der Waals surface area contributed by atoms with E-state index in [4.69, 9.17) is 0 Å². The van der Waals surface area contributed by atoms with E-state index in [-0.39, 0.29) is 0 Å². The molecule has 3 nitrogen and oxygen atoms in total. The van der Waals surface area contributed by atoms with Gasteiger partial charge in [-0.1, -0.05) is 134 Å². The maximum Gasteiger partial charge on any atom is 0.0541 e. The molecule has 2 aromatic heterocycles. The van der Waals surface area contributed by atoms with Gasteiger partial charge < -0.3 is 14.0 Å². The van der Waals surface area contributed by atoms with E-state index < -0.39 is 0 Å². The van der Waals surface area contributed by atoms with Crippen LogP contribution in [0, 0.1) is 13.8 Å². The van der Waals surface area contributed by atoms with Gasteiger partial charge >= 0.3 is 0 Å². The first-order chi connectivity index (χ1) is 30.1. The summed E-state index contributed by atoms with van der Waals surface area (Å²) in [5, 5.41) is 4.97. The van der Waals surface area contributed by atoms with Crippen LogP contribution in [0.15, 0.2) is 212 Å². The van der Waals surface area contributed by atoms with Crippen molar-refractivity contribution < 1.29 is 0 Å². The van der Waals surface area contributed by atoms with Gasteiger partial charge in [0.15, 0.2) is 0 Å². The van der Waals surface area contributed by atoms with Crippen LogP contribution in [0.1, 0.15) is 25.0 Å². The normalized spacial score (nSPS) is 11.3. The minimum Gasteiger partial charge on any atom is -0.311 e. The monoisotopic (exact) mass is 785 g/mol. The zero-order valence-corrected chi connectivity index (χ0v) is 35.0. The van der Waals surface area contributed by atoms with Crippen molar-refractivity contribution >= 4 is 60.7 Å². The number of hydrogen-bond acceptors (Lipinski definition) is 1. The van der Waals surface area contributed by atoms with Crippen LogP contribution < -0.4 is 4.90 Å². The maximum atomic E-state index is 2.40. The third-order valence-electron chi connectivity index (χ3n) is 11.8. The zero-order valence-electron chi connectivity index (χ0n) is 35.0. The lowest BCUT2D eigenvalue weighted by molar-refractivity contribution is 1.18. The lowest BCUT2D eigenvalue weighted by Gasteiger charge is -2.26. The molecule has 61 heavy (non-hydrogen) atoms. The van der Waals surface area contributed by atoms with Gasteiger partial charge in [-0.15, -0.1) is 0 Å². The molecule has 0 spiro atoms. The summed E-state index contributed by atoms with van der Waals surface area (Å²) in [4.78, 5) is 2.33. The van der Waals surface area contributed by atoms with Crippen molar-refractivity contribution in [2.24, 2.45) is 0 Å². The number of aryl methyl sites for hydroxylation is 2. The highest BCUT2D eigenvalue weighted by atomic mass is 15.1. The Kier molecular flexibility index (Phi) is 9.78. The smallest absolute Gasteiger partial charge is 0.0541 e. The summed E-state index contributed by atoms with van der Waals surface area (Å²) in [6.45, 7) is 8.27. The minimum atomic E-state index is 1.12. The van der Waals surface area contributed by atoms with Gasteiger partial charge in [-0.3, -0.25) is 0 Å². The molecule has 294 valence electrons. The molecule has 0 aliphatic carbocycles. The van der Waals surface area contributed by atoms with E-state index in [1.54, 1.807) is 0 Å². The highest BCUT2D eigenvalue weighted by Crippen LogP contribution is 2.41. The molecule has 0 saturated heterocycles. The fourth-order valence-corrected chi connectivity index (χ4v) is 8.88. The largest absolute Gasteiger partial charge is 0.311 e. The first kappa shape index (κ1) is 37.6. The van der Waals surface area contributed by atoms with E-state index in [2.05, 4.69) is 240 Å². The Morgan fingerprint density at radius 3 is 1.07 bits per heavy atom. The first-order valence-electron chi connectivity index (χ1n) is 21.3. The van der Waals surface area contributed by atoms with E-state index in [9.17, 15) is 0 Å². The standard InChI is InChI=1S/C56H41N3.C2H6/c1-38-17-26-46(27-18-38)57(47-28-19-39(2)20-29-47)48-30-21-40(22-31-48)41-23-32-55-51(35-41)52-37-43(25-34-56(52)59(55)45-13-7-4-8-14-45)42-24-33-54-50(36-42)49-15-9-10-16-53(49)58(54)44-11-5-3-6-12-44;1-2/h3-37H,1-2H3;1-2H3. The maximum absolute atomic E-state index is 2.40. The average Bonchev–Trinajstić information content (AvgIpc) is 3.83. The Labute approximate surface area is 358 Å². The van der Waals surface area contributed by atoms with Gasteiger partial charge in [0.1, 0.15) is 0 Å². The van der Waals surface area contributed by atoms with Crippen molar-refractivity contribution in [3.05, 3.63) is 223 Å². The number of nitrogens with zero attached hydrogens (tertiary/aromatic N) is 3. The van der Waals surface area contributed by atoms with Crippen molar-refractivity contribution in [1.82, 2.24) is 9.13 Å². The van der Waals surface area contributed by atoms with Gasteiger partial charge in [-0.25, -0.2) is 0 Å². The summed E-state index contributed by atoms with van der Waals surface area (Å²) >= 11 is 0. The van der Waals surface area contributed by atoms with Crippen LogP contribution in [0.4, 0.5) is 17.1 Å². The van der Waals surface area contributed by atoms with Gasteiger partial charge in [0, 0.05) is 50.0 Å². The Bertz CT molecular complexity index is 3250. The van der Waals surface area contributed by atoms with Gasteiger partial charge in [-0.05, 0) is 139 Å². The molecule has 0 aliphatic heterocycles. The highest BCUT2D eigenvalue weighted by molar-refractivity contribution is 6.13. The third kappa shape index (κ3) is 6.75. The Morgan fingerprint density at radius 2 is 0.623 bits per heavy atom. The molecule has 11 aromatic rings. The number of benzene rings is 9. The number of hydrogen-bond donors (Lipinski definition) is 0. The number of aromatic nitrogens is 2. The summed E-state index contributed by atoms with van der Waals surface area (Å²) < 4.78 is 4.78. The van der Waals surface area contributed by atoms with Crippen molar-refractivity contribution in [3.8, 4) is 33.6 Å². The summed E-state index contributed by atoms with van der Waals surface area (Å²) in [6.07, 6.45) is 0. The van der Waals surface area contributed by atoms with E-state index >= 15 is 0 Å². The van der Waals surface area contributed by atoms with E-state index in [1.807, 2.05) is 13.8 Å². The number of para-hydroxylation sites is 3. The molecular formula is C58H47N3. The third-order valence-corrected chi connectivity index (χ3v) is 11.8. The van der Waals surface area contributed by atoms with Crippen LogP contribution in [-0.4, -0.2) is 9.13 Å². The van der Waals surface area contributed by atoms with Gasteiger partial charge in [0.25, 0.3) is 0 Å². The Balaban J connectivity index is 0.00000220. The molecule has 3 heteroatoms. The van der Waals surface area contributed by atoms with E-state index in [0.717, 1.165) is 22.7 Å². The average molecular weight is 786 g/mol. The molecule has 0 bridgehead atoms. The number of rotatable bonds is 7. The molecule has 0 amide bonds. The van der Waals surface area contributed by atoms with Crippen LogP contribution in [0.2, 0.25) is 0 Å². The van der Waals surface area contributed by atoms with Crippen molar-refractivity contribution in [3.63, 3.8) is 0 Å². The Hall–Kier alpha value is -7.62. The van der Waals surface area contributed by atoms with Gasteiger partial charge in [-0.2, -0.15) is 0 Å². The molecule has 0 fully saturated rings. The lowest BCUT2D eigenvalue weighted by atomic mass is 9.99. The predicted octanol–water partition coefficient (Wildman–Crippen LogP) is 16.3. The van der Waals surface area contributed by atoms with E-state index in [0.29, 0.717) is 0 Å². The fourth-order valence-electron chi connectivity index (χ4n) is 8.88. The predicted molar refractivity (Wildman–Crippen MR) is 261 cm³/mol. The molecule has 0 atom stereocenters. The summed E-state index contributed by atoms with van der Waals surface area (Å²) in [7, 11) is 0. The van der Waals surface area contributed by atoms with Crippen LogP contribution in [-0.2, 0) is 0 Å². The van der Waals surface area contributed by atoms with Crippen LogP contribution in [0.5, 0.6) is 0 Å². The molecule has 11 rings (SSSR count). The molecule has 0 N–H and O–H groups in total. The molecule has 0 radical (unpaired) electrons. The second-order valence-corrected chi connectivity index (χ2v) is 15.6. The molecule has 0 saturated carbocycles. The van der Waals surface area contributed by atoms with Crippen LogP contribution >= 0.6 is 0 Å². The summed E-state index contributed by atoms with van der Waals surface area (Å²) in [5.74, 6) is 0. The van der Waals surface area contributed by atoms with Crippen molar-refractivity contribution in [1.29, 1.82) is 0 Å². The topological polar surface area (TPSA) is 13.1 Å². The SMILES string of the molecule is CC.Cc1ccc(N(c2ccc(C)cc2)c2ccc(-c3ccc4c(c3)c3cc(-c5ccc6c(c5)c5ccccc5n6-c5ccccc5)ccc3n4-c3ccccc3)cc2)cc1. The molecule has 9 aromatic carbocycles. The number of fused-ring (bicyclic) bond motifs is 6. The second-order valence-electron chi connectivity index (χ2n) is 15.6. The summed E-state index contributed by atoms with van der Waals surface area (Å²) in [6, 6.07) is 77.5. The van der Waals surface area contributed by atoms with E-state index in [1.165, 1.54) is 82.7 Å². The molecular weight excluding hydrogens is 739 g/mol. The highest BCUT2D eigenvalue weighted by Gasteiger charge is 2.18. The molecule has 0 aliphatic rings. The van der Waals surface area contributed by atoms with Crippen LogP contribution in [0.25, 0.3) is 77.2 Å². The van der Waals surface area contributed by atoms with Crippen molar-refractivity contribution in [2.45, 2.75) is 27.7 Å². The van der Waals surface area contributed by atoms with Crippen LogP contribution in [0.3, 0.4) is 0 Å². The second kappa shape index (κ2) is 15.9. The zero-order chi connectivity index (χ0) is 41.5. The molecule has 2 heterocycles. The fraction of sp³-hybridized carbons (Fsp3) is 0.0690.